The molecule has 3 fully saturated rings. The molecule has 2 aromatic rings. The van der Waals surface area contributed by atoms with Gasteiger partial charge in [-0.15, -0.1) is 0 Å². The summed E-state index contributed by atoms with van der Waals surface area (Å²) in [6, 6.07) is 12.9. The molecule has 4 N–H and O–H groups in total. The monoisotopic (exact) mass is 381 g/mol. The topological polar surface area (TPSA) is 101 Å². The summed E-state index contributed by atoms with van der Waals surface area (Å²) in [5.41, 5.74) is -0.705. The molecule has 28 heavy (non-hydrogen) atoms. The molecule has 7 heteroatoms. The molecule has 0 spiro atoms. The highest BCUT2D eigenvalue weighted by Crippen LogP contribution is 2.44. The lowest BCUT2D eigenvalue weighted by atomic mass is 9.72. The Balaban J connectivity index is 1.89. The van der Waals surface area contributed by atoms with Crippen LogP contribution in [0.1, 0.15) is 42.0 Å². The highest BCUT2D eigenvalue weighted by Gasteiger charge is 2.45. The zero-order valence-corrected chi connectivity index (χ0v) is 15.5. The smallest absolute Gasteiger partial charge is 0.479 e. The van der Waals surface area contributed by atoms with E-state index in [4.69, 9.17) is 0 Å². The molecule has 1 unspecified atom stereocenters. The summed E-state index contributed by atoms with van der Waals surface area (Å²) in [5, 5.41) is 40.7. The molecule has 0 aliphatic carbocycles. The van der Waals surface area contributed by atoms with Crippen molar-refractivity contribution in [1.82, 2.24) is 4.90 Å². The molecule has 5 rings (SSSR count). The Morgan fingerprint density at radius 2 is 1.75 bits per heavy atom. The molecule has 2 aromatic carbocycles. The lowest BCUT2D eigenvalue weighted by Gasteiger charge is -2.47. The van der Waals surface area contributed by atoms with Crippen LogP contribution in [0.5, 0.6) is 0 Å². The number of aliphatic carboxylic acids is 1. The van der Waals surface area contributed by atoms with E-state index in [9.17, 15) is 25.1 Å². The van der Waals surface area contributed by atoms with E-state index in [0.717, 1.165) is 32.4 Å². The van der Waals surface area contributed by atoms with Gasteiger partial charge >= 0.3 is 13.1 Å². The Bertz CT molecular complexity index is 866. The number of carboxylic acids is 1. The maximum Gasteiger partial charge on any atom is 0.488 e. The number of carbonyl (C=O) groups is 1. The van der Waals surface area contributed by atoms with Crippen LogP contribution in [-0.4, -0.2) is 51.3 Å². The predicted octanol–water partition coefficient (Wildman–Crippen LogP) is 0.844. The van der Waals surface area contributed by atoms with Crippen molar-refractivity contribution in [2.24, 2.45) is 5.92 Å². The van der Waals surface area contributed by atoms with Gasteiger partial charge in [0.15, 0.2) is 0 Å². The van der Waals surface area contributed by atoms with E-state index in [0.29, 0.717) is 16.9 Å². The van der Waals surface area contributed by atoms with E-state index in [1.54, 1.807) is 36.4 Å². The highest BCUT2D eigenvalue weighted by molar-refractivity contribution is 6.58. The molecule has 2 atom stereocenters. The van der Waals surface area contributed by atoms with E-state index in [1.807, 2.05) is 0 Å². The first kappa shape index (κ1) is 19.1. The molecule has 0 aromatic heterocycles. The predicted molar refractivity (Wildman–Crippen MR) is 105 cm³/mol. The van der Waals surface area contributed by atoms with Crippen molar-refractivity contribution in [2.75, 3.05) is 13.1 Å². The maximum absolute atomic E-state index is 12.3. The zero-order valence-electron chi connectivity index (χ0n) is 15.5. The van der Waals surface area contributed by atoms with Crippen molar-refractivity contribution in [2.45, 2.75) is 30.9 Å². The fraction of sp³-hybridized carbons (Fsp3) is 0.381. The number of nitrogens with zero attached hydrogens (tertiary/aromatic N) is 1. The number of hydrogen-bond donors (Lipinski definition) is 4. The number of rotatable bonds is 5. The van der Waals surface area contributed by atoms with Crippen LogP contribution in [0.4, 0.5) is 0 Å². The third kappa shape index (κ3) is 3.14. The van der Waals surface area contributed by atoms with Gasteiger partial charge in [0.05, 0.1) is 0 Å². The Kier molecular flexibility index (Phi) is 5.01. The van der Waals surface area contributed by atoms with Gasteiger partial charge in [-0.1, -0.05) is 48.5 Å². The van der Waals surface area contributed by atoms with Crippen molar-refractivity contribution < 1.29 is 25.1 Å². The van der Waals surface area contributed by atoms with Gasteiger partial charge in [0.25, 0.3) is 0 Å². The number of carboxylic acid groups (broad SMARTS) is 1. The highest BCUT2D eigenvalue weighted by atomic mass is 16.4. The first-order valence-corrected chi connectivity index (χ1v) is 9.67. The van der Waals surface area contributed by atoms with E-state index in [1.165, 1.54) is 12.1 Å². The summed E-state index contributed by atoms with van der Waals surface area (Å²) in [6.07, 6.45) is 3.12. The number of fused-ring (bicyclic) bond motifs is 3. The van der Waals surface area contributed by atoms with Crippen LogP contribution in [0.15, 0.2) is 48.5 Å². The molecular formula is C21H24BNO5. The molecule has 0 amide bonds. The number of aliphatic hydroxyl groups is 1. The summed E-state index contributed by atoms with van der Waals surface area (Å²) in [6.45, 7) is 1.86. The van der Waals surface area contributed by atoms with Crippen molar-refractivity contribution in [3.8, 4) is 0 Å². The summed E-state index contributed by atoms with van der Waals surface area (Å²) in [7, 11) is -1.65. The molecule has 0 radical (unpaired) electrons. The van der Waals surface area contributed by atoms with E-state index < -0.39 is 18.7 Å². The minimum Gasteiger partial charge on any atom is -0.479 e. The van der Waals surface area contributed by atoms with E-state index in [2.05, 4.69) is 4.90 Å². The fourth-order valence-corrected chi connectivity index (χ4v) is 4.71. The third-order valence-corrected chi connectivity index (χ3v) is 6.27. The van der Waals surface area contributed by atoms with Gasteiger partial charge < -0.3 is 20.3 Å². The van der Waals surface area contributed by atoms with Crippen LogP contribution >= 0.6 is 0 Å². The van der Waals surface area contributed by atoms with Crippen LogP contribution in [-0.2, 0) is 10.4 Å². The fourth-order valence-electron chi connectivity index (χ4n) is 4.71. The minimum absolute atomic E-state index is 0.0456. The lowest BCUT2D eigenvalue weighted by molar-refractivity contribution is -0.155. The Labute approximate surface area is 164 Å². The molecule has 3 saturated heterocycles. The largest absolute Gasteiger partial charge is 0.488 e. The van der Waals surface area contributed by atoms with Gasteiger partial charge in [-0.2, -0.15) is 0 Å². The molecule has 146 valence electrons. The van der Waals surface area contributed by atoms with Gasteiger partial charge in [0.2, 0.25) is 5.60 Å². The number of hydrogen-bond acceptors (Lipinski definition) is 5. The standard InChI is InChI=1S/C21H24BNO5/c24-20(25)21(26,15-4-2-1-3-5-15)18-7-6-16(22(27)28)13-17(18)19-12-14-8-10-23(19)11-9-14/h1-7,13-14,19,26-28H,8-12H2,(H,24,25)/t19?,21-/m1/s1. The van der Waals surface area contributed by atoms with E-state index >= 15 is 0 Å². The summed E-state index contributed by atoms with van der Waals surface area (Å²) >= 11 is 0. The summed E-state index contributed by atoms with van der Waals surface area (Å²) < 4.78 is 0. The van der Waals surface area contributed by atoms with Gasteiger partial charge in [-0.25, -0.2) is 4.79 Å². The van der Waals surface area contributed by atoms with Gasteiger partial charge in [-0.3, -0.25) is 4.90 Å². The second kappa shape index (κ2) is 7.33. The van der Waals surface area contributed by atoms with Crippen molar-refractivity contribution in [1.29, 1.82) is 0 Å². The second-order valence-electron chi connectivity index (χ2n) is 7.83. The molecule has 3 aliphatic rings. The van der Waals surface area contributed by atoms with Crippen molar-refractivity contribution >= 4 is 18.6 Å². The van der Waals surface area contributed by atoms with Gasteiger partial charge in [-0.05, 0) is 54.9 Å². The third-order valence-electron chi connectivity index (χ3n) is 6.27. The van der Waals surface area contributed by atoms with Crippen LogP contribution in [0.25, 0.3) is 0 Å². The molecule has 2 bridgehead atoms. The lowest BCUT2D eigenvalue weighted by Crippen LogP contribution is -2.46. The first-order valence-electron chi connectivity index (χ1n) is 9.67. The van der Waals surface area contributed by atoms with Gasteiger partial charge in [0.1, 0.15) is 0 Å². The molecule has 3 heterocycles. The average molecular weight is 381 g/mol. The Morgan fingerprint density at radius 1 is 1.07 bits per heavy atom. The van der Waals surface area contributed by atoms with Crippen molar-refractivity contribution in [3.05, 3.63) is 65.2 Å². The summed E-state index contributed by atoms with van der Waals surface area (Å²) in [4.78, 5) is 14.6. The number of benzene rings is 2. The van der Waals surface area contributed by atoms with Crippen molar-refractivity contribution in [3.63, 3.8) is 0 Å². The molecule has 6 nitrogen and oxygen atoms in total. The van der Waals surface area contributed by atoms with Crippen LogP contribution in [0.2, 0.25) is 0 Å². The second-order valence-corrected chi connectivity index (χ2v) is 7.83. The number of piperidine rings is 3. The molecule has 0 saturated carbocycles. The normalized spacial score (nSPS) is 25.9. The molecule has 3 aliphatic heterocycles. The Hall–Kier alpha value is -2.19. The zero-order chi connectivity index (χ0) is 19.9. The van der Waals surface area contributed by atoms with Crippen LogP contribution < -0.4 is 5.46 Å². The van der Waals surface area contributed by atoms with Crippen LogP contribution in [0.3, 0.4) is 0 Å². The average Bonchev–Trinajstić information content (AvgIpc) is 2.74. The maximum atomic E-state index is 12.3. The van der Waals surface area contributed by atoms with Crippen LogP contribution in [0, 0.1) is 5.92 Å². The minimum atomic E-state index is -2.21. The van der Waals surface area contributed by atoms with Gasteiger partial charge in [0, 0.05) is 11.6 Å². The Morgan fingerprint density at radius 3 is 2.29 bits per heavy atom. The quantitative estimate of drug-likeness (QED) is 0.573. The first-order chi connectivity index (χ1) is 13.4. The molecular weight excluding hydrogens is 357 g/mol. The SMILES string of the molecule is O=C(O)[C@@](O)(c1ccccc1)c1ccc(B(O)O)cc1C1CC2CCN1CC2. The van der Waals surface area contributed by atoms with E-state index in [-0.39, 0.29) is 17.2 Å². The summed E-state index contributed by atoms with van der Waals surface area (Å²) in [5.74, 6) is -0.784.